The highest BCUT2D eigenvalue weighted by atomic mass is 15.0. The van der Waals surface area contributed by atoms with Crippen molar-refractivity contribution in [2.45, 2.75) is 0 Å². The first-order valence-corrected chi connectivity index (χ1v) is 17.6. The minimum Gasteiger partial charge on any atom is -0.309 e. The standard InChI is InChI=1S/C48H29N3/c1-7-19-40-32(13-1)33-14-2-8-20-41(33)49(40)31-27-25-30(26-28-31)38-29-39-36-17-5-11-23-44(36)50-42-21-9-3-15-34(42)35-16-4-10-22-43(35)51-45-24-12-6-18-37(45)46(38)48(51)47(39)50/h1-29H. The van der Waals surface area contributed by atoms with Crippen LogP contribution in [0.15, 0.2) is 176 Å². The first-order chi connectivity index (χ1) is 25.3. The van der Waals surface area contributed by atoms with Gasteiger partial charge in [-0.25, -0.2) is 0 Å². The summed E-state index contributed by atoms with van der Waals surface area (Å²) in [5.74, 6) is 0. The van der Waals surface area contributed by atoms with E-state index in [1.165, 1.54) is 98.4 Å². The smallest absolute Gasteiger partial charge is 0.0795 e. The summed E-state index contributed by atoms with van der Waals surface area (Å²) in [5, 5.41) is 10.1. The van der Waals surface area contributed by atoms with Crippen molar-refractivity contribution < 1.29 is 0 Å². The molecule has 51 heavy (non-hydrogen) atoms. The molecule has 0 radical (unpaired) electrons. The molecular formula is C48H29N3. The van der Waals surface area contributed by atoms with Gasteiger partial charge in [-0.15, -0.1) is 0 Å². The van der Waals surface area contributed by atoms with Crippen LogP contribution in [0.3, 0.4) is 0 Å². The van der Waals surface area contributed by atoms with E-state index in [4.69, 9.17) is 0 Å². The summed E-state index contributed by atoms with van der Waals surface area (Å²) >= 11 is 0. The molecule has 0 saturated heterocycles. The fraction of sp³-hybridized carbons (Fsp3) is 0. The number of para-hydroxylation sites is 6. The third-order valence-corrected chi connectivity index (χ3v) is 11.2. The van der Waals surface area contributed by atoms with Gasteiger partial charge < -0.3 is 13.4 Å². The normalized spacial score (nSPS) is 12.3. The second-order valence-electron chi connectivity index (χ2n) is 13.7. The number of benzene rings is 8. The molecule has 0 aliphatic heterocycles. The van der Waals surface area contributed by atoms with E-state index >= 15 is 0 Å². The summed E-state index contributed by atoms with van der Waals surface area (Å²) in [4.78, 5) is 0. The molecular weight excluding hydrogens is 619 g/mol. The molecule has 8 aromatic carbocycles. The fourth-order valence-electron chi connectivity index (χ4n) is 9.11. The Labute approximate surface area is 292 Å². The molecule has 3 heteroatoms. The molecule has 0 saturated carbocycles. The van der Waals surface area contributed by atoms with Crippen LogP contribution in [0, 0.1) is 0 Å². The van der Waals surface area contributed by atoms with Crippen LogP contribution in [-0.2, 0) is 0 Å². The fourth-order valence-corrected chi connectivity index (χ4v) is 9.11. The molecule has 0 aliphatic rings. The van der Waals surface area contributed by atoms with Crippen molar-refractivity contribution in [1.29, 1.82) is 0 Å². The largest absolute Gasteiger partial charge is 0.309 e. The first-order valence-electron chi connectivity index (χ1n) is 17.6. The predicted molar refractivity (Wildman–Crippen MR) is 216 cm³/mol. The van der Waals surface area contributed by atoms with E-state index in [-0.39, 0.29) is 0 Å². The SMILES string of the molecule is c1ccc2c(c1)c1ccccc1n2-c1ccc(-c2cc3c4ccccc4n4c5ccccc5c5ccccc5n5c6ccccc6c2c5c34)cc1. The Kier molecular flexibility index (Phi) is 5.23. The summed E-state index contributed by atoms with van der Waals surface area (Å²) in [7, 11) is 0. The zero-order valence-corrected chi connectivity index (χ0v) is 27.6. The number of hydrogen-bond acceptors (Lipinski definition) is 0. The maximum absolute atomic E-state index is 2.53. The van der Waals surface area contributed by atoms with Crippen molar-refractivity contribution in [3.8, 4) is 16.8 Å². The molecule has 0 unspecified atom stereocenters. The Morgan fingerprint density at radius 3 is 1.18 bits per heavy atom. The van der Waals surface area contributed by atoms with Gasteiger partial charge in [-0.05, 0) is 65.7 Å². The Hall–Kier alpha value is -6.84. The minimum absolute atomic E-state index is 1.16. The Morgan fingerprint density at radius 1 is 0.294 bits per heavy atom. The van der Waals surface area contributed by atoms with Crippen molar-refractivity contribution in [2.75, 3.05) is 0 Å². The average molecular weight is 648 g/mol. The summed E-state index contributed by atoms with van der Waals surface area (Å²) in [6, 6.07) is 64.8. The topological polar surface area (TPSA) is 13.8 Å². The van der Waals surface area contributed by atoms with Crippen molar-refractivity contribution >= 4 is 87.2 Å². The van der Waals surface area contributed by atoms with Gasteiger partial charge in [0.1, 0.15) is 0 Å². The zero-order valence-electron chi connectivity index (χ0n) is 27.6. The zero-order chi connectivity index (χ0) is 33.2. The molecule has 4 heterocycles. The van der Waals surface area contributed by atoms with Crippen LogP contribution < -0.4 is 0 Å². The van der Waals surface area contributed by atoms with Gasteiger partial charge in [0.15, 0.2) is 0 Å². The Balaban J connectivity index is 1.26. The van der Waals surface area contributed by atoms with Crippen LogP contribution in [0.4, 0.5) is 0 Å². The lowest BCUT2D eigenvalue weighted by molar-refractivity contribution is 1.18. The van der Waals surface area contributed by atoms with E-state index in [1.807, 2.05) is 0 Å². The predicted octanol–water partition coefficient (Wildman–Crippen LogP) is 12.7. The van der Waals surface area contributed by atoms with E-state index < -0.39 is 0 Å². The van der Waals surface area contributed by atoms with E-state index in [1.54, 1.807) is 0 Å². The van der Waals surface area contributed by atoms with Crippen LogP contribution in [0.5, 0.6) is 0 Å². The van der Waals surface area contributed by atoms with Crippen LogP contribution in [0.2, 0.25) is 0 Å². The van der Waals surface area contributed by atoms with Gasteiger partial charge in [-0.2, -0.15) is 0 Å². The number of fused-ring (bicyclic) bond motifs is 14. The second kappa shape index (κ2) is 9.87. The average Bonchev–Trinajstić information content (AvgIpc) is 3.83. The molecule has 0 spiro atoms. The highest BCUT2D eigenvalue weighted by Crippen LogP contribution is 2.46. The molecule has 3 nitrogen and oxygen atoms in total. The highest BCUT2D eigenvalue weighted by Gasteiger charge is 2.23. The van der Waals surface area contributed by atoms with Crippen molar-refractivity contribution in [3.05, 3.63) is 176 Å². The number of rotatable bonds is 2. The molecule has 0 atom stereocenters. The number of aromatic nitrogens is 3. The van der Waals surface area contributed by atoms with E-state index in [0.29, 0.717) is 0 Å². The van der Waals surface area contributed by atoms with Gasteiger partial charge in [0.25, 0.3) is 0 Å². The molecule has 0 bridgehead atoms. The van der Waals surface area contributed by atoms with Gasteiger partial charge in [0.05, 0.1) is 44.1 Å². The van der Waals surface area contributed by atoms with Crippen LogP contribution >= 0.6 is 0 Å². The van der Waals surface area contributed by atoms with Crippen LogP contribution in [-0.4, -0.2) is 13.4 Å². The third kappa shape index (κ3) is 3.47. The van der Waals surface area contributed by atoms with Gasteiger partial charge in [-0.1, -0.05) is 121 Å². The quantitative estimate of drug-likeness (QED) is 0.177. The van der Waals surface area contributed by atoms with E-state index in [0.717, 1.165) is 5.69 Å². The summed E-state index contributed by atoms with van der Waals surface area (Å²) in [6.45, 7) is 0. The molecule has 0 N–H and O–H groups in total. The van der Waals surface area contributed by atoms with Gasteiger partial charge in [0.2, 0.25) is 0 Å². The minimum atomic E-state index is 1.16. The molecule has 0 amide bonds. The Bertz CT molecular complexity index is 3360. The van der Waals surface area contributed by atoms with Crippen molar-refractivity contribution in [1.82, 2.24) is 13.4 Å². The molecule has 12 rings (SSSR count). The van der Waals surface area contributed by atoms with Crippen LogP contribution in [0.25, 0.3) is 104 Å². The molecule has 4 aromatic heterocycles. The molecule has 0 aliphatic carbocycles. The van der Waals surface area contributed by atoms with E-state index in [9.17, 15) is 0 Å². The lowest BCUT2D eigenvalue weighted by atomic mass is 9.96. The second-order valence-corrected chi connectivity index (χ2v) is 13.7. The highest BCUT2D eigenvalue weighted by molar-refractivity contribution is 6.29. The maximum Gasteiger partial charge on any atom is 0.0795 e. The lowest BCUT2D eigenvalue weighted by Gasteiger charge is -2.13. The molecule has 236 valence electrons. The summed E-state index contributed by atoms with van der Waals surface area (Å²) < 4.78 is 7.44. The van der Waals surface area contributed by atoms with Gasteiger partial charge >= 0.3 is 0 Å². The summed E-state index contributed by atoms with van der Waals surface area (Å²) in [6.07, 6.45) is 0. The van der Waals surface area contributed by atoms with Crippen molar-refractivity contribution in [3.63, 3.8) is 0 Å². The molecule has 12 aromatic rings. The third-order valence-electron chi connectivity index (χ3n) is 11.2. The van der Waals surface area contributed by atoms with Gasteiger partial charge in [-0.3, -0.25) is 0 Å². The first kappa shape index (κ1) is 27.0. The number of hydrogen-bond donors (Lipinski definition) is 0. The monoisotopic (exact) mass is 647 g/mol. The van der Waals surface area contributed by atoms with Crippen molar-refractivity contribution in [2.24, 2.45) is 0 Å². The van der Waals surface area contributed by atoms with E-state index in [2.05, 4.69) is 189 Å². The molecule has 0 fully saturated rings. The van der Waals surface area contributed by atoms with Crippen LogP contribution in [0.1, 0.15) is 0 Å². The number of nitrogens with zero attached hydrogens (tertiary/aromatic N) is 3. The lowest BCUT2D eigenvalue weighted by Crippen LogP contribution is -1.95. The summed E-state index contributed by atoms with van der Waals surface area (Å²) in [5.41, 5.74) is 13.4. The van der Waals surface area contributed by atoms with Gasteiger partial charge in [0, 0.05) is 48.8 Å². The maximum atomic E-state index is 2.53. The Morgan fingerprint density at radius 2 is 0.667 bits per heavy atom.